The molecule has 1 aromatic carbocycles. The van der Waals surface area contributed by atoms with Crippen molar-refractivity contribution >= 4 is 23.2 Å². The quantitative estimate of drug-likeness (QED) is 0.877. The molecule has 2 aliphatic heterocycles. The molecule has 8 heteroatoms. The predicted molar refractivity (Wildman–Crippen MR) is 101 cm³/mol. The summed E-state index contributed by atoms with van der Waals surface area (Å²) < 4.78 is 14.3. The van der Waals surface area contributed by atoms with Gasteiger partial charge in [-0.05, 0) is 31.4 Å². The van der Waals surface area contributed by atoms with Gasteiger partial charge in [0.05, 0.1) is 29.2 Å². The summed E-state index contributed by atoms with van der Waals surface area (Å²) in [6, 6.07) is 4.79. The molecule has 2 N–H and O–H groups in total. The zero-order chi connectivity index (χ0) is 19.0. The number of piperidine rings is 1. The summed E-state index contributed by atoms with van der Waals surface area (Å²) in [7, 11) is 0. The summed E-state index contributed by atoms with van der Waals surface area (Å²) in [5, 5.41) is 0.0290. The Morgan fingerprint density at radius 1 is 1.37 bits per heavy atom. The smallest absolute Gasteiger partial charge is 0.274 e. The van der Waals surface area contributed by atoms with Crippen molar-refractivity contribution in [2.24, 2.45) is 10.7 Å². The van der Waals surface area contributed by atoms with Crippen LogP contribution in [0.4, 0.5) is 4.39 Å². The number of carbonyl (C=O) groups is 1. The fourth-order valence-corrected chi connectivity index (χ4v) is 3.80. The van der Waals surface area contributed by atoms with Gasteiger partial charge in [-0.2, -0.15) is 0 Å². The Kier molecular flexibility index (Phi) is 4.88. The lowest BCUT2D eigenvalue weighted by atomic mass is 10.0. The van der Waals surface area contributed by atoms with Gasteiger partial charge in [-0.3, -0.25) is 14.8 Å². The lowest BCUT2D eigenvalue weighted by molar-refractivity contribution is 0.0616. The van der Waals surface area contributed by atoms with Crippen molar-refractivity contribution in [3.63, 3.8) is 0 Å². The van der Waals surface area contributed by atoms with Gasteiger partial charge in [-0.25, -0.2) is 9.37 Å². The molecule has 1 unspecified atom stereocenters. The van der Waals surface area contributed by atoms with Gasteiger partial charge in [0.15, 0.2) is 5.82 Å². The van der Waals surface area contributed by atoms with E-state index in [0.29, 0.717) is 30.2 Å². The predicted octanol–water partition coefficient (Wildman–Crippen LogP) is 2.57. The molecule has 0 spiro atoms. The van der Waals surface area contributed by atoms with Crippen LogP contribution in [0.5, 0.6) is 0 Å². The van der Waals surface area contributed by atoms with Gasteiger partial charge in [-0.1, -0.05) is 17.7 Å². The minimum Gasteiger partial charge on any atom is -0.333 e. The number of aliphatic imine (C=N–C) groups is 1. The van der Waals surface area contributed by atoms with E-state index in [9.17, 15) is 9.18 Å². The summed E-state index contributed by atoms with van der Waals surface area (Å²) in [5.74, 6) is -0.699. The highest BCUT2D eigenvalue weighted by atomic mass is 35.5. The van der Waals surface area contributed by atoms with E-state index in [-0.39, 0.29) is 34.8 Å². The van der Waals surface area contributed by atoms with E-state index in [4.69, 9.17) is 17.3 Å². The average molecular weight is 388 g/mol. The van der Waals surface area contributed by atoms with Crippen molar-refractivity contribution in [2.45, 2.75) is 31.8 Å². The van der Waals surface area contributed by atoms with Gasteiger partial charge in [-0.15, -0.1) is 0 Å². The number of rotatable bonds is 3. The first-order chi connectivity index (χ1) is 13.1. The Hall–Kier alpha value is -2.38. The summed E-state index contributed by atoms with van der Waals surface area (Å²) in [6.07, 6.45) is 4.38. The largest absolute Gasteiger partial charge is 0.333 e. The molecule has 1 fully saturated rings. The minimum absolute atomic E-state index is 0.0290. The van der Waals surface area contributed by atoms with Crippen LogP contribution >= 0.6 is 11.6 Å². The first-order valence-corrected chi connectivity index (χ1v) is 9.34. The van der Waals surface area contributed by atoms with Crippen LogP contribution in [0, 0.1) is 5.82 Å². The Labute approximate surface area is 161 Å². The highest BCUT2D eigenvalue weighted by Gasteiger charge is 2.30. The van der Waals surface area contributed by atoms with Crippen LogP contribution in [0.15, 0.2) is 29.4 Å². The van der Waals surface area contributed by atoms with Crippen LogP contribution in [-0.4, -0.2) is 45.6 Å². The van der Waals surface area contributed by atoms with Crippen molar-refractivity contribution in [1.82, 2.24) is 14.9 Å². The lowest BCUT2D eigenvalue weighted by Gasteiger charge is -2.34. The van der Waals surface area contributed by atoms with Crippen LogP contribution < -0.4 is 5.73 Å². The highest BCUT2D eigenvalue weighted by Crippen LogP contribution is 2.26. The molecule has 2 aromatic rings. The van der Waals surface area contributed by atoms with E-state index >= 15 is 0 Å². The van der Waals surface area contributed by atoms with Crippen LogP contribution in [0.2, 0.25) is 5.02 Å². The van der Waals surface area contributed by atoms with E-state index in [1.807, 2.05) is 0 Å². The van der Waals surface area contributed by atoms with Crippen molar-refractivity contribution in [1.29, 1.82) is 0 Å². The molecule has 1 aromatic heterocycles. The maximum Gasteiger partial charge on any atom is 0.274 e. The SMILES string of the molecule is NCC1CCCCN1C(=O)c1cnc2c(n1)CN=C2c1cccc(Cl)c1F. The average Bonchev–Trinajstić information content (AvgIpc) is 3.12. The Balaban J connectivity index is 1.63. The van der Waals surface area contributed by atoms with Gasteiger partial charge < -0.3 is 10.6 Å². The number of amides is 1. The van der Waals surface area contributed by atoms with Crippen molar-refractivity contribution in [3.8, 4) is 0 Å². The van der Waals surface area contributed by atoms with E-state index in [1.54, 1.807) is 17.0 Å². The molecule has 1 saturated heterocycles. The van der Waals surface area contributed by atoms with Crippen molar-refractivity contribution in [2.75, 3.05) is 13.1 Å². The molecular weight excluding hydrogens is 369 g/mol. The molecule has 0 radical (unpaired) electrons. The maximum atomic E-state index is 14.3. The Bertz CT molecular complexity index is 932. The number of aromatic nitrogens is 2. The van der Waals surface area contributed by atoms with Crippen molar-refractivity contribution in [3.05, 3.63) is 57.9 Å². The van der Waals surface area contributed by atoms with Gasteiger partial charge in [0.1, 0.15) is 11.4 Å². The monoisotopic (exact) mass is 387 g/mol. The molecule has 27 heavy (non-hydrogen) atoms. The molecule has 3 heterocycles. The van der Waals surface area contributed by atoms with Crippen LogP contribution in [0.3, 0.4) is 0 Å². The second-order valence-electron chi connectivity index (χ2n) is 6.70. The van der Waals surface area contributed by atoms with Crippen LogP contribution in [0.1, 0.15) is 46.7 Å². The Morgan fingerprint density at radius 3 is 3.04 bits per heavy atom. The van der Waals surface area contributed by atoms with Crippen molar-refractivity contribution < 1.29 is 9.18 Å². The van der Waals surface area contributed by atoms with Gasteiger partial charge >= 0.3 is 0 Å². The fourth-order valence-electron chi connectivity index (χ4n) is 3.63. The van der Waals surface area contributed by atoms with Gasteiger partial charge in [0.25, 0.3) is 5.91 Å². The molecule has 0 aliphatic carbocycles. The summed E-state index contributed by atoms with van der Waals surface area (Å²) in [6.45, 7) is 1.37. The highest BCUT2D eigenvalue weighted by molar-refractivity contribution is 6.31. The van der Waals surface area contributed by atoms with Crippen LogP contribution in [-0.2, 0) is 6.54 Å². The van der Waals surface area contributed by atoms with E-state index in [2.05, 4.69) is 15.0 Å². The molecular formula is C19H19ClFN5O. The number of nitrogens with zero attached hydrogens (tertiary/aromatic N) is 4. The molecule has 4 rings (SSSR count). The molecule has 2 aliphatic rings. The van der Waals surface area contributed by atoms with Gasteiger partial charge in [0.2, 0.25) is 0 Å². The molecule has 140 valence electrons. The molecule has 1 amide bonds. The maximum absolute atomic E-state index is 14.3. The zero-order valence-electron chi connectivity index (χ0n) is 14.7. The summed E-state index contributed by atoms with van der Waals surface area (Å²) in [5.41, 5.74) is 7.84. The zero-order valence-corrected chi connectivity index (χ0v) is 15.4. The topological polar surface area (TPSA) is 84.5 Å². The number of halogens is 2. The van der Waals surface area contributed by atoms with E-state index < -0.39 is 5.82 Å². The summed E-state index contributed by atoms with van der Waals surface area (Å²) in [4.78, 5) is 27.9. The van der Waals surface area contributed by atoms with Crippen LogP contribution in [0.25, 0.3) is 0 Å². The standard InChI is InChI=1S/C19H19ClFN5O/c20-13-6-3-5-12(16(13)21)17-18-14(9-23-17)25-15(10-24-18)19(27)26-7-2-1-4-11(26)8-22/h3,5-6,10-11H,1-2,4,7-9,22H2. The number of carbonyl (C=O) groups excluding carboxylic acids is 1. The van der Waals surface area contributed by atoms with E-state index in [0.717, 1.165) is 19.3 Å². The number of nitrogens with two attached hydrogens (primary N) is 1. The fraction of sp³-hybridized carbons (Fsp3) is 0.368. The lowest BCUT2D eigenvalue weighted by Crippen LogP contribution is -2.47. The number of hydrogen-bond acceptors (Lipinski definition) is 5. The Morgan fingerprint density at radius 2 is 2.22 bits per heavy atom. The third-order valence-corrected chi connectivity index (χ3v) is 5.33. The molecule has 1 atom stereocenters. The number of likely N-dealkylation sites (tertiary alicyclic amines) is 1. The normalized spacial score (nSPS) is 19.0. The minimum atomic E-state index is -0.535. The number of hydrogen-bond donors (Lipinski definition) is 1. The van der Waals surface area contributed by atoms with Gasteiger partial charge in [0, 0.05) is 24.7 Å². The summed E-state index contributed by atoms with van der Waals surface area (Å²) >= 11 is 5.87. The first kappa shape index (κ1) is 18.0. The molecule has 6 nitrogen and oxygen atoms in total. The first-order valence-electron chi connectivity index (χ1n) is 8.96. The number of benzene rings is 1. The third kappa shape index (κ3) is 3.21. The molecule has 0 bridgehead atoms. The van der Waals surface area contributed by atoms with E-state index in [1.165, 1.54) is 12.3 Å². The second-order valence-corrected chi connectivity index (χ2v) is 7.11. The number of fused-ring (bicyclic) bond motifs is 1. The third-order valence-electron chi connectivity index (χ3n) is 5.04. The molecule has 0 saturated carbocycles. The second kappa shape index (κ2) is 7.32.